The molecule has 0 saturated carbocycles. The summed E-state index contributed by atoms with van der Waals surface area (Å²) in [6.07, 6.45) is 8.24. The van der Waals surface area contributed by atoms with Crippen molar-refractivity contribution in [1.29, 1.82) is 0 Å². The van der Waals surface area contributed by atoms with Gasteiger partial charge in [0.05, 0.1) is 22.5 Å². The van der Waals surface area contributed by atoms with Crippen LogP contribution >= 0.6 is 0 Å². The summed E-state index contributed by atoms with van der Waals surface area (Å²) < 4.78 is 30.0. The van der Waals surface area contributed by atoms with Gasteiger partial charge in [-0.2, -0.15) is 5.10 Å². The summed E-state index contributed by atoms with van der Waals surface area (Å²) in [6.45, 7) is 12.3. The third-order valence-electron chi connectivity index (χ3n) is 6.94. The van der Waals surface area contributed by atoms with Crippen molar-refractivity contribution in [2.24, 2.45) is 0 Å². The van der Waals surface area contributed by atoms with Crippen molar-refractivity contribution in [2.45, 2.75) is 57.5 Å². The molecule has 1 fully saturated rings. The summed E-state index contributed by atoms with van der Waals surface area (Å²) in [4.78, 5) is 16.2. The van der Waals surface area contributed by atoms with Gasteiger partial charge in [0.25, 0.3) is 5.91 Å². The molecule has 0 radical (unpaired) electrons. The van der Waals surface area contributed by atoms with E-state index in [0.29, 0.717) is 35.1 Å². The van der Waals surface area contributed by atoms with Crippen LogP contribution in [0.3, 0.4) is 0 Å². The quantitative estimate of drug-likeness (QED) is 0.324. The number of halogens is 1. The number of carbonyl (C=O) groups is 1. The molecule has 1 aliphatic rings. The highest BCUT2D eigenvalue weighted by atomic mass is 32.2. The number of hydrogen-bond donors (Lipinski definition) is 1. The maximum Gasteiger partial charge on any atom is 0.251 e. The number of benzene rings is 2. The van der Waals surface area contributed by atoms with Crippen molar-refractivity contribution < 1.29 is 13.4 Å². The second kappa shape index (κ2) is 15.6. The molecule has 0 aliphatic carbocycles. The SMILES string of the molecule is C=Cc1c(/C(=C\C)C(=O)NCc2ccc(S(=O)N(C)C3CCN(C)CC3)cc2)cnn1-c1ccc(F)cc1.CCC. The molecule has 2 aromatic carbocycles. The summed E-state index contributed by atoms with van der Waals surface area (Å²) in [5, 5.41) is 7.37. The smallest absolute Gasteiger partial charge is 0.251 e. The minimum absolute atomic E-state index is 0.246. The Morgan fingerprint density at radius 2 is 1.76 bits per heavy atom. The van der Waals surface area contributed by atoms with Gasteiger partial charge in [0.1, 0.15) is 16.8 Å². The predicted molar refractivity (Wildman–Crippen MR) is 166 cm³/mol. The highest BCUT2D eigenvalue weighted by Gasteiger charge is 2.25. The minimum atomic E-state index is -1.23. The summed E-state index contributed by atoms with van der Waals surface area (Å²) in [6, 6.07) is 13.8. The summed E-state index contributed by atoms with van der Waals surface area (Å²) in [5.74, 6) is -0.581. The molecule has 3 aromatic rings. The van der Waals surface area contributed by atoms with Crippen molar-refractivity contribution >= 4 is 28.5 Å². The maximum absolute atomic E-state index is 13.4. The fourth-order valence-corrected chi connectivity index (χ4v) is 5.80. The van der Waals surface area contributed by atoms with Gasteiger partial charge in [0, 0.05) is 30.8 Å². The van der Waals surface area contributed by atoms with Gasteiger partial charge in [0.15, 0.2) is 0 Å². The predicted octanol–water partition coefficient (Wildman–Crippen LogP) is 5.84. The van der Waals surface area contributed by atoms with E-state index in [4.69, 9.17) is 0 Å². The third kappa shape index (κ3) is 8.31. The number of likely N-dealkylation sites (tertiary alicyclic amines) is 1. The Balaban J connectivity index is 0.00000147. The van der Waals surface area contributed by atoms with E-state index in [-0.39, 0.29) is 11.7 Å². The molecule has 1 saturated heterocycles. The lowest BCUT2D eigenvalue weighted by atomic mass is 10.1. The fraction of sp³-hybridized carbons (Fsp3) is 0.375. The Hall–Kier alpha value is -3.40. The van der Waals surface area contributed by atoms with Crippen molar-refractivity contribution in [3.63, 3.8) is 0 Å². The number of carbonyl (C=O) groups excluding carboxylic acids is 1. The van der Waals surface area contributed by atoms with E-state index in [1.54, 1.807) is 42.1 Å². The van der Waals surface area contributed by atoms with Crippen LogP contribution in [0.4, 0.5) is 4.39 Å². The van der Waals surface area contributed by atoms with Crippen molar-refractivity contribution in [1.82, 2.24) is 24.3 Å². The first kappa shape index (κ1) is 32.1. The average molecular weight is 580 g/mol. The van der Waals surface area contributed by atoms with Crippen LogP contribution < -0.4 is 5.32 Å². The van der Waals surface area contributed by atoms with Crippen LogP contribution in [0.2, 0.25) is 0 Å². The molecule has 9 heteroatoms. The maximum atomic E-state index is 13.4. The van der Waals surface area contributed by atoms with Crippen LogP contribution in [-0.4, -0.2) is 62.3 Å². The molecule has 1 N–H and O–H groups in total. The van der Waals surface area contributed by atoms with Crippen LogP contribution in [0, 0.1) is 5.82 Å². The van der Waals surface area contributed by atoms with E-state index in [9.17, 15) is 13.4 Å². The zero-order valence-corrected chi connectivity index (χ0v) is 25.6. The largest absolute Gasteiger partial charge is 0.348 e. The normalized spacial score (nSPS) is 15.2. The number of nitrogens with one attached hydrogen (secondary N) is 1. The van der Waals surface area contributed by atoms with Gasteiger partial charge in [-0.1, -0.05) is 45.1 Å². The summed E-state index contributed by atoms with van der Waals surface area (Å²) >= 11 is 0. The molecule has 1 unspecified atom stereocenters. The Bertz CT molecular complexity index is 1340. The second-order valence-corrected chi connectivity index (χ2v) is 11.6. The number of hydrogen-bond acceptors (Lipinski definition) is 4. The molecule has 1 aliphatic heterocycles. The molecular weight excluding hydrogens is 537 g/mol. The lowest BCUT2D eigenvalue weighted by Crippen LogP contribution is -2.42. The van der Waals surface area contributed by atoms with Crippen LogP contribution in [0.1, 0.15) is 56.9 Å². The standard InChI is InChI=1S/C29H34FN5O2S.C3H8/c1-5-26(27-20-32-35(28(27)6-2)24-11-9-22(30)10-12-24)29(36)31-19-21-7-13-25(14-8-21)38(37)34(4)23-15-17-33(3)18-16-23;1-3-2/h5-14,20,23H,2,15-19H2,1,3-4H3,(H,31,36);3H2,1-2H3/b26-5+;. The summed E-state index contributed by atoms with van der Waals surface area (Å²) in [7, 11) is 2.81. The second-order valence-electron chi connectivity index (χ2n) is 10.1. The Morgan fingerprint density at radius 3 is 2.32 bits per heavy atom. The van der Waals surface area contributed by atoms with Crippen molar-refractivity contribution in [3.8, 4) is 5.69 Å². The highest BCUT2D eigenvalue weighted by Crippen LogP contribution is 2.24. The Labute approximate surface area is 246 Å². The van der Waals surface area contributed by atoms with Crippen LogP contribution in [-0.2, 0) is 22.3 Å². The monoisotopic (exact) mass is 579 g/mol. The highest BCUT2D eigenvalue weighted by molar-refractivity contribution is 7.82. The molecule has 220 valence electrons. The molecule has 7 nitrogen and oxygen atoms in total. The van der Waals surface area contributed by atoms with Gasteiger partial charge in [0.2, 0.25) is 0 Å². The molecule has 2 heterocycles. The number of aromatic nitrogens is 2. The molecular formula is C32H42FN5O2S. The number of nitrogens with zero attached hydrogens (tertiary/aromatic N) is 4. The lowest BCUT2D eigenvalue weighted by molar-refractivity contribution is -0.115. The topological polar surface area (TPSA) is 70.5 Å². The zero-order valence-electron chi connectivity index (χ0n) is 24.8. The molecule has 1 atom stereocenters. The van der Waals surface area contributed by atoms with Gasteiger partial charge in [-0.15, -0.1) is 0 Å². The molecule has 0 bridgehead atoms. The molecule has 1 amide bonds. The molecule has 0 spiro atoms. The third-order valence-corrected chi connectivity index (χ3v) is 8.43. The van der Waals surface area contributed by atoms with E-state index >= 15 is 0 Å². The molecule has 1 aromatic heterocycles. The molecule has 4 rings (SSSR count). The van der Waals surface area contributed by atoms with E-state index in [0.717, 1.165) is 36.4 Å². The number of amides is 1. The zero-order chi connectivity index (χ0) is 29.9. The first-order chi connectivity index (χ1) is 19.7. The van der Waals surface area contributed by atoms with Crippen LogP contribution in [0.15, 0.2) is 72.3 Å². The minimum Gasteiger partial charge on any atom is -0.348 e. The van der Waals surface area contributed by atoms with E-state index in [1.807, 2.05) is 35.6 Å². The lowest BCUT2D eigenvalue weighted by Gasteiger charge is -2.34. The van der Waals surface area contributed by atoms with Gasteiger partial charge in [-0.25, -0.2) is 17.6 Å². The number of piperidine rings is 1. The fourth-order valence-electron chi connectivity index (χ4n) is 4.62. The van der Waals surface area contributed by atoms with E-state index in [1.165, 1.54) is 18.6 Å². The number of rotatable bonds is 9. The molecule has 41 heavy (non-hydrogen) atoms. The van der Waals surface area contributed by atoms with Crippen LogP contribution in [0.5, 0.6) is 0 Å². The van der Waals surface area contributed by atoms with Crippen LogP contribution in [0.25, 0.3) is 17.3 Å². The van der Waals surface area contributed by atoms with E-state index in [2.05, 4.69) is 42.8 Å². The summed E-state index contributed by atoms with van der Waals surface area (Å²) in [5.41, 5.74) is 3.31. The van der Waals surface area contributed by atoms with Gasteiger partial charge in [-0.3, -0.25) is 4.79 Å². The van der Waals surface area contributed by atoms with E-state index < -0.39 is 11.0 Å². The van der Waals surface area contributed by atoms with Gasteiger partial charge in [-0.05, 0) is 87.9 Å². The first-order valence-electron chi connectivity index (χ1n) is 14.1. The van der Waals surface area contributed by atoms with Gasteiger partial charge >= 0.3 is 0 Å². The van der Waals surface area contributed by atoms with Crippen molar-refractivity contribution in [3.05, 3.63) is 90.0 Å². The Morgan fingerprint density at radius 1 is 1.15 bits per heavy atom. The van der Waals surface area contributed by atoms with Gasteiger partial charge < -0.3 is 10.2 Å². The van der Waals surface area contributed by atoms with Crippen molar-refractivity contribution in [2.75, 3.05) is 27.2 Å². The Kier molecular flexibility index (Phi) is 12.2. The average Bonchev–Trinajstić information content (AvgIpc) is 3.41. The number of allylic oxidation sites excluding steroid dienone is 1. The first-order valence-corrected chi connectivity index (χ1v) is 15.2.